The number of furan rings is 1. The van der Waals surface area contributed by atoms with Gasteiger partial charge in [-0.25, -0.2) is 4.98 Å². The van der Waals surface area contributed by atoms with Gasteiger partial charge in [0.1, 0.15) is 35.8 Å². The highest BCUT2D eigenvalue weighted by atomic mass is 16.5. The maximum Gasteiger partial charge on any atom is 0.326 e. The van der Waals surface area contributed by atoms with Crippen molar-refractivity contribution in [2.24, 2.45) is 0 Å². The molecule has 0 amide bonds. The Hall–Kier alpha value is -3.65. The zero-order valence-electron chi connectivity index (χ0n) is 19.7. The van der Waals surface area contributed by atoms with E-state index in [4.69, 9.17) is 13.9 Å². The largest absolute Gasteiger partial charge is 0.464 e. The molecule has 0 bridgehead atoms. The van der Waals surface area contributed by atoms with Crippen LogP contribution in [0, 0.1) is 0 Å². The number of esters is 1. The zero-order chi connectivity index (χ0) is 24.1. The van der Waals surface area contributed by atoms with Crippen LogP contribution in [0.3, 0.4) is 0 Å². The quantitative estimate of drug-likeness (QED) is 0.266. The van der Waals surface area contributed by atoms with E-state index in [-0.39, 0.29) is 24.8 Å². The molecule has 0 unspecified atom stereocenters. The average Bonchev–Trinajstić information content (AvgIpc) is 3.21. The van der Waals surface area contributed by atoms with Gasteiger partial charge in [-0.2, -0.15) is 0 Å². The van der Waals surface area contributed by atoms with Crippen molar-refractivity contribution in [2.75, 3.05) is 19.0 Å². The fourth-order valence-corrected chi connectivity index (χ4v) is 3.87. The van der Waals surface area contributed by atoms with Gasteiger partial charge in [-0.1, -0.05) is 37.6 Å². The number of carbonyl (C=O) groups is 1. The lowest BCUT2D eigenvalue weighted by atomic mass is 10.0. The average molecular weight is 464 g/mol. The first-order valence-corrected chi connectivity index (χ1v) is 11.4. The summed E-state index contributed by atoms with van der Waals surface area (Å²) in [6.45, 7) is 4.21. The molecule has 0 aliphatic heterocycles. The molecule has 0 aliphatic carbocycles. The van der Waals surface area contributed by atoms with Crippen LogP contribution < -0.4 is 10.9 Å². The predicted octanol–water partition coefficient (Wildman–Crippen LogP) is 4.81. The topological polar surface area (TPSA) is 95.6 Å². The Labute approximate surface area is 197 Å². The normalized spacial score (nSPS) is 12.2. The number of ether oxygens (including phenoxy) is 2. The number of carbonyl (C=O) groups excluding carboxylic acids is 1. The lowest BCUT2D eigenvalue weighted by Gasteiger charge is -2.18. The Morgan fingerprint density at radius 2 is 1.97 bits per heavy atom. The van der Waals surface area contributed by atoms with E-state index < -0.39 is 5.97 Å². The molecule has 8 nitrogen and oxygen atoms in total. The summed E-state index contributed by atoms with van der Waals surface area (Å²) in [6.07, 6.45) is 3.18. The smallest absolute Gasteiger partial charge is 0.326 e. The molecule has 0 radical (unpaired) electrons. The van der Waals surface area contributed by atoms with Crippen LogP contribution in [0.2, 0.25) is 0 Å². The maximum absolute atomic E-state index is 13.2. The molecular formula is C26H29N3O5. The number of methoxy groups -OCH3 is 1. The third-order valence-electron chi connectivity index (χ3n) is 5.72. The molecule has 0 saturated carbocycles. The molecule has 0 aliphatic rings. The molecule has 0 fully saturated rings. The van der Waals surface area contributed by atoms with Crippen LogP contribution in [0.15, 0.2) is 57.9 Å². The van der Waals surface area contributed by atoms with Gasteiger partial charge in [0, 0.05) is 23.9 Å². The summed E-state index contributed by atoms with van der Waals surface area (Å²) in [7, 11) is 1.51. The standard InChI is InChI=1S/C26H29N3O5/c1-4-5-12-33-25(30)15-29-24(16-32-3)27-14-21(26(29)31)28-17(2)18-10-11-23-20(13-18)19-8-6-7-9-22(19)34-23/h6-11,13-14,17,28H,4-5,12,15-16H2,1-3H3/t17-/m1/s1. The first-order chi connectivity index (χ1) is 16.5. The molecule has 8 heteroatoms. The number of nitrogens with zero attached hydrogens (tertiary/aromatic N) is 2. The van der Waals surface area contributed by atoms with Gasteiger partial charge in [0.15, 0.2) is 0 Å². The molecule has 0 saturated heterocycles. The lowest BCUT2D eigenvalue weighted by Crippen LogP contribution is -2.31. The van der Waals surface area contributed by atoms with Crippen LogP contribution in [0.4, 0.5) is 5.69 Å². The van der Waals surface area contributed by atoms with Crippen LogP contribution in [0.25, 0.3) is 21.9 Å². The molecule has 1 atom stereocenters. The highest BCUT2D eigenvalue weighted by Crippen LogP contribution is 2.31. The first-order valence-electron chi connectivity index (χ1n) is 11.4. The second-order valence-corrected chi connectivity index (χ2v) is 8.21. The Morgan fingerprint density at radius 1 is 1.18 bits per heavy atom. The van der Waals surface area contributed by atoms with Crippen molar-refractivity contribution in [3.8, 4) is 0 Å². The number of nitrogens with one attached hydrogen (secondary N) is 1. The Bertz CT molecular complexity index is 1360. The number of benzene rings is 2. The third kappa shape index (κ3) is 4.97. The van der Waals surface area contributed by atoms with Crippen LogP contribution in [0.5, 0.6) is 0 Å². The minimum Gasteiger partial charge on any atom is -0.464 e. The van der Waals surface area contributed by atoms with Crippen molar-refractivity contribution in [3.05, 3.63) is 70.4 Å². The number of rotatable bonds is 10. The predicted molar refractivity (Wildman–Crippen MR) is 131 cm³/mol. The van der Waals surface area contributed by atoms with E-state index in [1.165, 1.54) is 17.9 Å². The second-order valence-electron chi connectivity index (χ2n) is 8.21. The number of anilines is 1. The number of unbranched alkanes of at least 4 members (excludes halogenated alkanes) is 1. The van der Waals surface area contributed by atoms with Crippen molar-refractivity contribution < 1.29 is 18.7 Å². The number of hydrogen-bond donors (Lipinski definition) is 1. The van der Waals surface area contributed by atoms with E-state index >= 15 is 0 Å². The van der Waals surface area contributed by atoms with Crippen LogP contribution in [0.1, 0.15) is 44.1 Å². The summed E-state index contributed by atoms with van der Waals surface area (Å²) in [5.74, 6) is -0.110. The van der Waals surface area contributed by atoms with Gasteiger partial charge >= 0.3 is 5.97 Å². The van der Waals surface area contributed by atoms with Crippen molar-refractivity contribution in [1.29, 1.82) is 0 Å². The van der Waals surface area contributed by atoms with E-state index in [9.17, 15) is 9.59 Å². The molecule has 4 rings (SSSR count). The Kier molecular flexibility index (Phi) is 7.27. The van der Waals surface area contributed by atoms with Gasteiger partial charge in [-0.15, -0.1) is 0 Å². The molecule has 1 N–H and O–H groups in total. The fraction of sp³-hybridized carbons (Fsp3) is 0.346. The van der Waals surface area contributed by atoms with E-state index in [0.29, 0.717) is 18.1 Å². The van der Waals surface area contributed by atoms with Gasteiger partial charge in [0.2, 0.25) is 0 Å². The Morgan fingerprint density at radius 3 is 2.76 bits per heavy atom. The van der Waals surface area contributed by atoms with E-state index in [2.05, 4.69) is 16.4 Å². The number of para-hydroxylation sites is 1. The van der Waals surface area contributed by atoms with E-state index in [0.717, 1.165) is 40.3 Å². The van der Waals surface area contributed by atoms with E-state index in [1.807, 2.05) is 50.2 Å². The van der Waals surface area contributed by atoms with Crippen LogP contribution in [-0.2, 0) is 27.4 Å². The molecule has 4 aromatic rings. The van der Waals surface area contributed by atoms with Crippen molar-refractivity contribution in [1.82, 2.24) is 9.55 Å². The highest BCUT2D eigenvalue weighted by Gasteiger charge is 2.17. The number of hydrogen-bond acceptors (Lipinski definition) is 7. The second kappa shape index (κ2) is 10.5. The molecule has 2 aromatic carbocycles. The zero-order valence-corrected chi connectivity index (χ0v) is 19.7. The summed E-state index contributed by atoms with van der Waals surface area (Å²) in [5, 5.41) is 5.31. The van der Waals surface area contributed by atoms with Crippen LogP contribution in [-0.4, -0.2) is 29.2 Å². The SMILES string of the molecule is CCCCOC(=O)Cn1c(COC)ncc(N[C@H](C)c2ccc3oc4ccccc4c3c2)c1=O. The lowest BCUT2D eigenvalue weighted by molar-refractivity contribution is -0.144. The maximum atomic E-state index is 13.2. The van der Waals surface area contributed by atoms with Gasteiger partial charge in [0.25, 0.3) is 5.56 Å². The van der Waals surface area contributed by atoms with Gasteiger partial charge in [-0.05, 0) is 37.1 Å². The molecule has 34 heavy (non-hydrogen) atoms. The molecule has 178 valence electrons. The van der Waals surface area contributed by atoms with Crippen molar-refractivity contribution in [3.63, 3.8) is 0 Å². The fourth-order valence-electron chi connectivity index (χ4n) is 3.87. The summed E-state index contributed by atoms with van der Waals surface area (Å²) in [6, 6.07) is 13.7. The minimum atomic E-state index is -0.475. The van der Waals surface area contributed by atoms with Gasteiger partial charge < -0.3 is 19.2 Å². The molecular weight excluding hydrogens is 434 g/mol. The number of aromatic nitrogens is 2. The highest BCUT2D eigenvalue weighted by molar-refractivity contribution is 6.05. The third-order valence-corrected chi connectivity index (χ3v) is 5.72. The molecule has 2 aromatic heterocycles. The monoisotopic (exact) mass is 463 g/mol. The van der Waals surface area contributed by atoms with Gasteiger partial charge in [-0.3, -0.25) is 14.2 Å². The Balaban J connectivity index is 1.59. The summed E-state index contributed by atoms with van der Waals surface area (Å²) in [5.41, 5.74) is 2.58. The summed E-state index contributed by atoms with van der Waals surface area (Å²) < 4.78 is 17.6. The van der Waals surface area contributed by atoms with Crippen molar-refractivity contribution in [2.45, 2.75) is 45.9 Å². The van der Waals surface area contributed by atoms with E-state index in [1.54, 1.807) is 0 Å². The first kappa shape index (κ1) is 23.5. The van der Waals surface area contributed by atoms with Crippen molar-refractivity contribution >= 4 is 33.6 Å². The van der Waals surface area contributed by atoms with Gasteiger partial charge in [0.05, 0.1) is 12.8 Å². The van der Waals surface area contributed by atoms with Crippen LogP contribution >= 0.6 is 0 Å². The summed E-state index contributed by atoms with van der Waals surface area (Å²) in [4.78, 5) is 29.9. The number of fused-ring (bicyclic) bond motifs is 3. The minimum absolute atomic E-state index is 0.109. The molecule has 0 spiro atoms. The molecule has 2 heterocycles. The summed E-state index contributed by atoms with van der Waals surface area (Å²) >= 11 is 0.